The maximum atomic E-state index is 10.9. The number of rotatable bonds is 22. The summed E-state index contributed by atoms with van der Waals surface area (Å²) in [6, 6.07) is 0. The van der Waals surface area contributed by atoms with Gasteiger partial charge in [-0.15, -0.1) is 0 Å². The molecule has 1 rings (SSSR count). The average molecular weight is 471 g/mol. The summed E-state index contributed by atoms with van der Waals surface area (Å²) in [7, 11) is -4.12. The van der Waals surface area contributed by atoms with Gasteiger partial charge in [0.05, 0.1) is 23.2 Å². The van der Waals surface area contributed by atoms with E-state index < -0.39 is 10.1 Å². The van der Waals surface area contributed by atoms with Gasteiger partial charge in [0.15, 0.2) is 0 Å². The minimum atomic E-state index is -4.12. The first-order valence-electron chi connectivity index (χ1n) is 13.5. The first kappa shape index (κ1) is 29.2. The summed E-state index contributed by atoms with van der Waals surface area (Å²) in [5.41, 5.74) is 0. The molecule has 1 aromatic heterocycles. The van der Waals surface area contributed by atoms with E-state index in [-0.39, 0.29) is 5.75 Å². The van der Waals surface area contributed by atoms with Crippen molar-refractivity contribution in [2.75, 3.05) is 5.75 Å². The Kier molecular flexibility index (Phi) is 16.9. The molecule has 0 aromatic carbocycles. The van der Waals surface area contributed by atoms with E-state index in [1.165, 1.54) is 102 Å². The zero-order chi connectivity index (χ0) is 23.5. The van der Waals surface area contributed by atoms with Gasteiger partial charge in [0.2, 0.25) is 0 Å². The molecule has 0 bridgehead atoms. The Bertz CT molecular complexity index is 671. The molecule has 0 N–H and O–H groups in total. The van der Waals surface area contributed by atoms with Gasteiger partial charge in [0.1, 0.15) is 12.4 Å². The predicted molar refractivity (Wildman–Crippen MR) is 133 cm³/mol. The van der Waals surface area contributed by atoms with E-state index >= 15 is 0 Å². The molecular weight excluding hydrogens is 420 g/mol. The lowest BCUT2D eigenvalue weighted by atomic mass is 10.0. The third kappa shape index (κ3) is 15.0. The monoisotopic (exact) mass is 470 g/mol. The summed E-state index contributed by atoms with van der Waals surface area (Å²) in [6.07, 6.45) is 27.1. The fourth-order valence-electron chi connectivity index (χ4n) is 4.50. The van der Waals surface area contributed by atoms with Gasteiger partial charge in [0, 0.05) is 12.2 Å². The molecule has 5 nitrogen and oxygen atoms in total. The van der Waals surface area contributed by atoms with Crippen LogP contribution in [0.15, 0.2) is 12.4 Å². The highest BCUT2D eigenvalue weighted by atomic mass is 32.2. The van der Waals surface area contributed by atoms with E-state index in [0.717, 1.165) is 19.4 Å². The van der Waals surface area contributed by atoms with Crippen molar-refractivity contribution >= 4 is 10.1 Å². The highest BCUT2D eigenvalue weighted by Gasteiger charge is 2.16. The van der Waals surface area contributed by atoms with E-state index in [9.17, 15) is 13.0 Å². The number of hydrogen-bond acceptors (Lipinski definition) is 3. The smallest absolute Gasteiger partial charge is 0.256 e. The zero-order valence-corrected chi connectivity index (χ0v) is 21.8. The first-order chi connectivity index (χ1) is 15.5. The number of imidazole rings is 1. The summed E-state index contributed by atoms with van der Waals surface area (Å²) < 4.78 is 37.0. The standard InChI is InChI=1S/C26H50N2O3S/c1-3-5-6-7-8-9-10-11-12-13-14-15-16-17-18-20-26-27(21-4-2)23-24-28(26)22-19-25-32(29,30)31/h23-24H,3-22,25H2,1-2H3. The number of hydrogen-bond donors (Lipinski definition) is 0. The van der Waals surface area contributed by atoms with Crippen LogP contribution in [0.2, 0.25) is 0 Å². The molecule has 0 fully saturated rings. The fourth-order valence-corrected chi connectivity index (χ4v) is 4.98. The normalized spacial score (nSPS) is 12.0. The van der Waals surface area contributed by atoms with Crippen molar-refractivity contribution in [3.63, 3.8) is 0 Å². The summed E-state index contributed by atoms with van der Waals surface area (Å²) >= 11 is 0. The molecule has 0 aliphatic rings. The summed E-state index contributed by atoms with van der Waals surface area (Å²) in [4.78, 5) is 0. The zero-order valence-electron chi connectivity index (χ0n) is 21.0. The van der Waals surface area contributed by atoms with Gasteiger partial charge >= 0.3 is 0 Å². The minimum absolute atomic E-state index is 0.280. The molecule has 0 saturated carbocycles. The SMILES string of the molecule is CCCCCCCCCCCCCCCCCc1n(CCCS(=O)(=O)[O-])cc[n+]1CCC. The molecule has 0 amide bonds. The summed E-state index contributed by atoms with van der Waals surface area (Å²) in [5.74, 6) is 0.988. The van der Waals surface area contributed by atoms with Crippen molar-refractivity contribution in [1.29, 1.82) is 0 Å². The fraction of sp³-hybridized carbons (Fsp3) is 0.885. The average Bonchev–Trinajstić information content (AvgIpc) is 3.11. The van der Waals surface area contributed by atoms with Gasteiger partial charge in [-0.2, -0.15) is 0 Å². The van der Waals surface area contributed by atoms with Gasteiger partial charge in [0.25, 0.3) is 5.82 Å². The second-order valence-electron chi connectivity index (χ2n) is 9.42. The summed E-state index contributed by atoms with van der Waals surface area (Å²) in [6.45, 7) is 6.04. The van der Waals surface area contributed by atoms with Gasteiger partial charge in [-0.05, 0) is 19.3 Å². The minimum Gasteiger partial charge on any atom is -0.748 e. The van der Waals surface area contributed by atoms with Crippen LogP contribution in [0.3, 0.4) is 0 Å². The van der Waals surface area contributed by atoms with Crippen LogP contribution >= 0.6 is 0 Å². The van der Waals surface area contributed by atoms with Crippen molar-refractivity contribution in [2.24, 2.45) is 0 Å². The molecule has 0 radical (unpaired) electrons. The van der Waals surface area contributed by atoms with E-state index in [1.807, 2.05) is 6.20 Å². The molecule has 32 heavy (non-hydrogen) atoms. The van der Waals surface area contributed by atoms with Crippen LogP contribution < -0.4 is 4.57 Å². The van der Waals surface area contributed by atoms with Crippen molar-refractivity contribution < 1.29 is 17.5 Å². The molecule has 0 unspecified atom stereocenters. The van der Waals surface area contributed by atoms with Crippen molar-refractivity contribution in [1.82, 2.24) is 4.57 Å². The molecule has 0 atom stereocenters. The molecule has 0 aliphatic heterocycles. The Morgan fingerprint density at radius 3 is 1.72 bits per heavy atom. The first-order valence-corrected chi connectivity index (χ1v) is 15.1. The molecule has 0 aliphatic carbocycles. The van der Waals surface area contributed by atoms with Crippen LogP contribution in [-0.2, 0) is 29.6 Å². The number of aryl methyl sites for hydroxylation is 2. The lowest BCUT2D eigenvalue weighted by molar-refractivity contribution is -0.703. The Morgan fingerprint density at radius 1 is 0.750 bits per heavy atom. The predicted octanol–water partition coefficient (Wildman–Crippen LogP) is 6.53. The lowest BCUT2D eigenvalue weighted by Crippen LogP contribution is -2.37. The number of nitrogens with zero attached hydrogens (tertiary/aromatic N) is 2. The quantitative estimate of drug-likeness (QED) is 0.110. The maximum absolute atomic E-state index is 10.9. The van der Waals surface area contributed by atoms with Gasteiger partial charge in [-0.3, -0.25) is 0 Å². The molecule has 0 saturated heterocycles. The molecule has 1 aromatic rings. The largest absolute Gasteiger partial charge is 0.748 e. The Morgan fingerprint density at radius 2 is 1.25 bits per heavy atom. The molecule has 1 heterocycles. The van der Waals surface area contributed by atoms with Crippen molar-refractivity contribution in [2.45, 2.75) is 143 Å². The Balaban J connectivity index is 2.11. The van der Waals surface area contributed by atoms with Crippen LogP contribution in [0.4, 0.5) is 0 Å². The lowest BCUT2D eigenvalue weighted by Gasteiger charge is -2.07. The molecule has 0 spiro atoms. The Hall–Kier alpha value is -0.880. The Labute approximate surface area is 198 Å². The third-order valence-electron chi connectivity index (χ3n) is 6.35. The highest BCUT2D eigenvalue weighted by Crippen LogP contribution is 2.14. The maximum Gasteiger partial charge on any atom is 0.256 e. The van der Waals surface area contributed by atoms with Crippen LogP contribution in [0.5, 0.6) is 0 Å². The van der Waals surface area contributed by atoms with Crippen LogP contribution in [0, 0.1) is 0 Å². The second-order valence-corrected chi connectivity index (χ2v) is 10.9. The van der Waals surface area contributed by atoms with E-state index in [1.54, 1.807) is 0 Å². The van der Waals surface area contributed by atoms with Crippen LogP contribution in [0.25, 0.3) is 0 Å². The van der Waals surface area contributed by atoms with Gasteiger partial charge in [-0.1, -0.05) is 104 Å². The third-order valence-corrected chi connectivity index (χ3v) is 7.14. The van der Waals surface area contributed by atoms with E-state index in [0.29, 0.717) is 13.0 Å². The van der Waals surface area contributed by atoms with Gasteiger partial charge < -0.3 is 4.55 Å². The highest BCUT2D eigenvalue weighted by molar-refractivity contribution is 7.85. The molecule has 6 heteroatoms. The van der Waals surface area contributed by atoms with E-state index in [4.69, 9.17) is 0 Å². The second kappa shape index (κ2) is 18.5. The van der Waals surface area contributed by atoms with Crippen LogP contribution in [-0.4, -0.2) is 23.3 Å². The number of aromatic nitrogens is 2. The number of unbranched alkanes of at least 4 members (excludes halogenated alkanes) is 14. The van der Waals surface area contributed by atoms with E-state index in [2.05, 4.69) is 29.2 Å². The molecule has 188 valence electrons. The van der Waals surface area contributed by atoms with Gasteiger partial charge in [-0.25, -0.2) is 17.6 Å². The van der Waals surface area contributed by atoms with Crippen molar-refractivity contribution in [3.8, 4) is 0 Å². The van der Waals surface area contributed by atoms with Crippen molar-refractivity contribution in [3.05, 3.63) is 18.2 Å². The summed E-state index contributed by atoms with van der Waals surface area (Å²) in [5, 5.41) is 0. The molecular formula is C26H50N2O3S. The van der Waals surface area contributed by atoms with Crippen LogP contribution in [0.1, 0.15) is 129 Å². The topological polar surface area (TPSA) is 66.0 Å².